The summed E-state index contributed by atoms with van der Waals surface area (Å²) in [6, 6.07) is 1.51. The van der Waals surface area contributed by atoms with Crippen LogP contribution in [0.4, 0.5) is 5.69 Å². The molecule has 102 valence electrons. The van der Waals surface area contributed by atoms with Gasteiger partial charge in [-0.3, -0.25) is 4.79 Å². The topological polar surface area (TPSA) is 70.4 Å². The summed E-state index contributed by atoms with van der Waals surface area (Å²) in [5.41, 5.74) is 0.561. The molecule has 0 saturated carbocycles. The summed E-state index contributed by atoms with van der Waals surface area (Å²) in [7, 11) is 3.70. The minimum atomic E-state index is -0.605. The molecule has 0 amide bonds. The summed E-state index contributed by atoms with van der Waals surface area (Å²) in [6.45, 7) is 3.60. The van der Waals surface area contributed by atoms with Crippen LogP contribution in [0.15, 0.2) is 17.1 Å². The summed E-state index contributed by atoms with van der Waals surface area (Å²) < 4.78 is 1.28. The van der Waals surface area contributed by atoms with Gasteiger partial charge < -0.3 is 15.3 Å². The number of nitrogens with one attached hydrogen (secondary N) is 1. The Morgan fingerprint density at radius 3 is 2.83 bits per heavy atom. The van der Waals surface area contributed by atoms with Crippen molar-refractivity contribution in [1.29, 1.82) is 0 Å². The van der Waals surface area contributed by atoms with Gasteiger partial charge in [0.25, 0.3) is 5.56 Å². The molecule has 0 fully saturated rings. The highest BCUT2D eigenvalue weighted by Gasteiger charge is 2.08. The lowest BCUT2D eigenvalue weighted by Gasteiger charge is -2.15. The zero-order valence-corrected chi connectivity index (χ0v) is 11.3. The molecule has 1 unspecified atom stereocenters. The summed E-state index contributed by atoms with van der Waals surface area (Å²) in [4.78, 5) is 13.6. The summed E-state index contributed by atoms with van der Waals surface area (Å²) >= 11 is 0. The molecule has 1 rings (SSSR count). The number of anilines is 1. The third-order valence-electron chi connectivity index (χ3n) is 2.56. The van der Waals surface area contributed by atoms with E-state index in [-0.39, 0.29) is 12.1 Å². The fourth-order valence-electron chi connectivity index (χ4n) is 1.52. The number of hydrogen-bond acceptors (Lipinski definition) is 5. The van der Waals surface area contributed by atoms with Crippen molar-refractivity contribution in [3.8, 4) is 0 Å². The molecule has 1 aromatic rings. The Morgan fingerprint density at radius 2 is 2.28 bits per heavy atom. The molecule has 18 heavy (non-hydrogen) atoms. The molecule has 0 aromatic carbocycles. The number of hydrogen-bond donors (Lipinski definition) is 2. The van der Waals surface area contributed by atoms with E-state index in [2.05, 4.69) is 17.3 Å². The van der Waals surface area contributed by atoms with Crippen molar-refractivity contribution >= 4 is 5.69 Å². The third-order valence-corrected chi connectivity index (χ3v) is 2.56. The zero-order chi connectivity index (χ0) is 13.5. The van der Waals surface area contributed by atoms with Crippen molar-refractivity contribution in [2.45, 2.75) is 26.0 Å². The van der Waals surface area contributed by atoms with E-state index in [0.717, 1.165) is 18.7 Å². The molecule has 0 bridgehead atoms. The van der Waals surface area contributed by atoms with E-state index >= 15 is 0 Å². The Labute approximate surface area is 107 Å². The van der Waals surface area contributed by atoms with Crippen LogP contribution in [-0.4, -0.2) is 48.2 Å². The van der Waals surface area contributed by atoms with E-state index in [4.69, 9.17) is 0 Å². The highest BCUT2D eigenvalue weighted by molar-refractivity contribution is 5.40. The van der Waals surface area contributed by atoms with Crippen LogP contribution in [0.3, 0.4) is 0 Å². The second-order valence-electron chi connectivity index (χ2n) is 4.49. The van der Waals surface area contributed by atoms with Crippen LogP contribution < -0.4 is 15.8 Å². The van der Waals surface area contributed by atoms with Crippen LogP contribution >= 0.6 is 0 Å². The molecule has 6 heteroatoms. The third kappa shape index (κ3) is 4.46. The summed E-state index contributed by atoms with van der Waals surface area (Å²) in [5.74, 6) is 0. The second-order valence-corrected chi connectivity index (χ2v) is 4.49. The van der Waals surface area contributed by atoms with Crippen molar-refractivity contribution < 1.29 is 5.11 Å². The number of aliphatic hydroxyl groups is 1. The van der Waals surface area contributed by atoms with Crippen LogP contribution in [0.25, 0.3) is 0 Å². The smallest absolute Gasteiger partial charge is 0.268 e. The molecule has 2 N–H and O–H groups in total. The highest BCUT2D eigenvalue weighted by Crippen LogP contribution is 2.03. The standard InChI is InChI=1S/C12H22N4O2/c1-4-5-13-8-11(17)9-16-12(18)6-10(7-14-16)15(2)3/h6-7,11,13,17H,4-5,8-9H2,1-3H3. The fraction of sp³-hybridized carbons (Fsp3) is 0.667. The van der Waals surface area contributed by atoms with Crippen molar-refractivity contribution in [3.63, 3.8) is 0 Å². The maximum atomic E-state index is 11.8. The van der Waals surface area contributed by atoms with Crippen molar-refractivity contribution in [2.24, 2.45) is 0 Å². The molecular weight excluding hydrogens is 232 g/mol. The maximum absolute atomic E-state index is 11.8. The van der Waals surface area contributed by atoms with E-state index < -0.39 is 6.10 Å². The molecule has 0 radical (unpaired) electrons. The SMILES string of the molecule is CCCNCC(O)Cn1ncc(N(C)C)cc1=O. The minimum absolute atomic E-state index is 0.198. The predicted molar refractivity (Wildman–Crippen MR) is 72.0 cm³/mol. The van der Waals surface area contributed by atoms with Crippen LogP contribution in [0, 0.1) is 0 Å². The Bertz CT molecular complexity index is 417. The van der Waals surface area contributed by atoms with E-state index in [1.54, 1.807) is 6.20 Å². The van der Waals surface area contributed by atoms with E-state index in [1.165, 1.54) is 10.7 Å². The lowest BCUT2D eigenvalue weighted by molar-refractivity contribution is 0.145. The second kappa shape index (κ2) is 7.13. The van der Waals surface area contributed by atoms with E-state index in [9.17, 15) is 9.90 Å². The van der Waals surface area contributed by atoms with E-state index in [0.29, 0.717) is 6.54 Å². The Morgan fingerprint density at radius 1 is 1.56 bits per heavy atom. The Kier molecular flexibility index (Phi) is 5.80. The summed E-state index contributed by atoms with van der Waals surface area (Å²) in [6.07, 6.45) is 2.03. The molecule has 1 atom stereocenters. The van der Waals surface area contributed by atoms with Crippen LogP contribution in [0.2, 0.25) is 0 Å². The average molecular weight is 254 g/mol. The van der Waals surface area contributed by atoms with Gasteiger partial charge in [0.1, 0.15) is 0 Å². The lowest BCUT2D eigenvalue weighted by Crippen LogP contribution is -2.35. The van der Waals surface area contributed by atoms with Gasteiger partial charge in [-0.25, -0.2) is 4.68 Å². The fourth-order valence-corrected chi connectivity index (χ4v) is 1.52. The number of nitrogens with zero attached hydrogens (tertiary/aromatic N) is 3. The molecule has 6 nitrogen and oxygen atoms in total. The van der Waals surface area contributed by atoms with Gasteiger partial charge in [-0.2, -0.15) is 5.10 Å². The summed E-state index contributed by atoms with van der Waals surface area (Å²) in [5, 5.41) is 16.9. The van der Waals surface area contributed by atoms with Crippen LogP contribution in [0.1, 0.15) is 13.3 Å². The molecule has 0 saturated heterocycles. The van der Waals surface area contributed by atoms with Gasteiger partial charge in [0, 0.05) is 26.7 Å². The van der Waals surface area contributed by atoms with Gasteiger partial charge in [-0.1, -0.05) is 6.92 Å². The zero-order valence-electron chi connectivity index (χ0n) is 11.3. The quantitative estimate of drug-likeness (QED) is 0.652. The first-order valence-electron chi connectivity index (χ1n) is 6.18. The van der Waals surface area contributed by atoms with Gasteiger partial charge >= 0.3 is 0 Å². The number of aromatic nitrogens is 2. The predicted octanol–water partition coefficient (Wildman–Crippen LogP) is -0.330. The normalized spacial score (nSPS) is 12.4. The van der Waals surface area contributed by atoms with E-state index in [1.807, 2.05) is 19.0 Å². The average Bonchev–Trinajstić information content (AvgIpc) is 2.32. The number of rotatable bonds is 7. The lowest BCUT2D eigenvalue weighted by atomic mass is 10.3. The molecule has 0 aliphatic rings. The minimum Gasteiger partial charge on any atom is -0.390 e. The van der Waals surface area contributed by atoms with Gasteiger partial charge in [-0.05, 0) is 13.0 Å². The molecule has 1 aromatic heterocycles. The van der Waals surface area contributed by atoms with Gasteiger partial charge in [0.2, 0.25) is 0 Å². The first kappa shape index (κ1) is 14.7. The van der Waals surface area contributed by atoms with Crippen molar-refractivity contribution in [1.82, 2.24) is 15.1 Å². The Hall–Kier alpha value is -1.40. The molecule has 1 heterocycles. The van der Waals surface area contributed by atoms with Gasteiger partial charge in [-0.15, -0.1) is 0 Å². The van der Waals surface area contributed by atoms with Crippen molar-refractivity contribution in [2.75, 3.05) is 32.1 Å². The van der Waals surface area contributed by atoms with Gasteiger partial charge in [0.15, 0.2) is 0 Å². The number of aliphatic hydroxyl groups excluding tert-OH is 1. The first-order valence-corrected chi connectivity index (χ1v) is 6.18. The van der Waals surface area contributed by atoms with Crippen molar-refractivity contribution in [3.05, 3.63) is 22.6 Å². The van der Waals surface area contributed by atoms with Gasteiger partial charge in [0.05, 0.1) is 24.5 Å². The van der Waals surface area contributed by atoms with Crippen LogP contribution in [-0.2, 0) is 6.54 Å². The molecular formula is C12H22N4O2. The molecule has 0 spiro atoms. The molecule has 0 aliphatic heterocycles. The highest BCUT2D eigenvalue weighted by atomic mass is 16.3. The van der Waals surface area contributed by atoms with Crippen LogP contribution in [0.5, 0.6) is 0 Å². The largest absolute Gasteiger partial charge is 0.390 e. The molecule has 0 aliphatic carbocycles. The first-order chi connectivity index (χ1) is 8.54. The monoisotopic (exact) mass is 254 g/mol. The Balaban J connectivity index is 2.59. The maximum Gasteiger partial charge on any atom is 0.268 e.